The largest absolute Gasteiger partial charge is 0.490 e. The molecular weight excluding hydrogens is 222 g/mol. The molecule has 0 unspecified atom stereocenters. The third-order valence-corrected chi connectivity index (χ3v) is 2.52. The average Bonchev–Trinajstić information content (AvgIpc) is 2.42. The summed E-state index contributed by atoms with van der Waals surface area (Å²) in [4.78, 5) is 0. The Balaban J connectivity index is 0.000000659. The van der Waals surface area contributed by atoms with Crippen molar-refractivity contribution in [3.05, 3.63) is 23.8 Å². The van der Waals surface area contributed by atoms with Crippen LogP contribution in [0.3, 0.4) is 0 Å². The highest BCUT2D eigenvalue weighted by molar-refractivity contribution is 5.60. The molecule has 18 heavy (non-hydrogen) atoms. The van der Waals surface area contributed by atoms with Crippen molar-refractivity contribution in [2.75, 3.05) is 18.5 Å². The second-order valence-corrected chi connectivity index (χ2v) is 4.74. The molecule has 2 heteroatoms. The minimum Gasteiger partial charge on any atom is -0.490 e. The fraction of sp³-hybridized carbons (Fsp3) is 0.625. The van der Waals surface area contributed by atoms with Crippen LogP contribution < -0.4 is 10.1 Å². The number of fused-ring (bicyclic) bond motifs is 1. The average molecular weight is 251 g/mol. The van der Waals surface area contributed by atoms with Gasteiger partial charge >= 0.3 is 0 Å². The number of ether oxygens (including phenoxy) is 1. The lowest BCUT2D eigenvalue weighted by Crippen LogP contribution is -2.19. The molecule has 0 radical (unpaired) electrons. The molecule has 1 aliphatic rings. The molecule has 1 N–H and O–H groups in total. The molecule has 0 bridgehead atoms. The summed E-state index contributed by atoms with van der Waals surface area (Å²) in [5, 5.41) is 3.35. The number of hydrogen-bond acceptors (Lipinski definition) is 2. The van der Waals surface area contributed by atoms with Crippen molar-refractivity contribution in [3.63, 3.8) is 0 Å². The zero-order valence-electron chi connectivity index (χ0n) is 13.1. The Morgan fingerprint density at radius 1 is 1.06 bits per heavy atom. The standard InChI is InChI=1S/C12H17NO.2C2H6/c1-12(2,3)9-4-5-11-10(8-9)13-6-7-14-11;2*1-2/h4-5,8,13H,6-7H2,1-3H3;2*1-2H3. The van der Waals surface area contributed by atoms with E-state index in [9.17, 15) is 0 Å². The van der Waals surface area contributed by atoms with E-state index in [1.165, 1.54) is 5.56 Å². The smallest absolute Gasteiger partial charge is 0.142 e. The van der Waals surface area contributed by atoms with Gasteiger partial charge in [0.05, 0.1) is 5.69 Å². The van der Waals surface area contributed by atoms with Crippen LogP contribution in [0.25, 0.3) is 0 Å². The summed E-state index contributed by atoms with van der Waals surface area (Å²) in [6, 6.07) is 6.39. The molecule has 1 aromatic carbocycles. The second-order valence-electron chi connectivity index (χ2n) is 4.74. The molecule has 0 spiro atoms. The molecule has 1 aliphatic heterocycles. The lowest BCUT2D eigenvalue weighted by molar-refractivity contribution is 0.323. The maximum absolute atomic E-state index is 5.53. The molecule has 0 saturated heterocycles. The number of anilines is 1. The number of benzene rings is 1. The molecular formula is C16H29NO. The quantitative estimate of drug-likeness (QED) is 0.712. The second kappa shape index (κ2) is 8.02. The molecule has 1 heterocycles. The van der Waals surface area contributed by atoms with Gasteiger partial charge in [0.25, 0.3) is 0 Å². The van der Waals surface area contributed by atoms with E-state index in [1.807, 2.05) is 27.7 Å². The van der Waals surface area contributed by atoms with Crippen molar-refractivity contribution in [2.24, 2.45) is 0 Å². The van der Waals surface area contributed by atoms with Crippen LogP contribution in [0.5, 0.6) is 5.75 Å². The first-order valence-electron chi connectivity index (χ1n) is 7.08. The normalized spacial score (nSPS) is 12.6. The predicted octanol–water partition coefficient (Wildman–Crippen LogP) is 4.84. The van der Waals surface area contributed by atoms with Crippen LogP contribution in [-0.4, -0.2) is 13.2 Å². The van der Waals surface area contributed by atoms with E-state index in [4.69, 9.17) is 4.74 Å². The van der Waals surface area contributed by atoms with Gasteiger partial charge in [0, 0.05) is 6.54 Å². The van der Waals surface area contributed by atoms with Gasteiger partial charge in [-0.05, 0) is 23.1 Å². The van der Waals surface area contributed by atoms with Crippen molar-refractivity contribution in [3.8, 4) is 5.75 Å². The van der Waals surface area contributed by atoms with Gasteiger partial charge < -0.3 is 10.1 Å². The topological polar surface area (TPSA) is 21.3 Å². The molecule has 0 aromatic heterocycles. The minimum absolute atomic E-state index is 0.203. The molecule has 0 fully saturated rings. The van der Waals surface area contributed by atoms with E-state index in [0.29, 0.717) is 0 Å². The van der Waals surface area contributed by atoms with Crippen LogP contribution in [0.1, 0.15) is 54.0 Å². The highest BCUT2D eigenvalue weighted by Crippen LogP contribution is 2.32. The number of hydrogen-bond donors (Lipinski definition) is 1. The van der Waals surface area contributed by atoms with Crippen molar-refractivity contribution >= 4 is 5.69 Å². The van der Waals surface area contributed by atoms with Crippen LogP contribution in [0.15, 0.2) is 18.2 Å². The lowest BCUT2D eigenvalue weighted by atomic mass is 9.86. The number of rotatable bonds is 0. The molecule has 2 rings (SSSR count). The van der Waals surface area contributed by atoms with Crippen molar-refractivity contribution < 1.29 is 4.74 Å². The third kappa shape index (κ3) is 4.59. The Labute approximate surface area is 113 Å². The molecule has 0 amide bonds. The first-order chi connectivity index (χ1) is 8.57. The highest BCUT2D eigenvalue weighted by atomic mass is 16.5. The summed E-state index contributed by atoms with van der Waals surface area (Å²) in [5.74, 6) is 0.976. The zero-order chi connectivity index (χ0) is 14.2. The maximum atomic E-state index is 5.53. The van der Waals surface area contributed by atoms with Crippen LogP contribution in [0.2, 0.25) is 0 Å². The molecule has 2 nitrogen and oxygen atoms in total. The molecule has 0 atom stereocenters. The Morgan fingerprint density at radius 3 is 2.22 bits per heavy atom. The van der Waals surface area contributed by atoms with Gasteiger partial charge in [-0.25, -0.2) is 0 Å². The summed E-state index contributed by atoms with van der Waals surface area (Å²) >= 11 is 0. The van der Waals surface area contributed by atoms with E-state index in [2.05, 4.69) is 44.3 Å². The van der Waals surface area contributed by atoms with E-state index < -0.39 is 0 Å². The minimum atomic E-state index is 0.203. The van der Waals surface area contributed by atoms with Crippen LogP contribution in [0, 0.1) is 0 Å². The monoisotopic (exact) mass is 251 g/mol. The summed E-state index contributed by atoms with van der Waals surface area (Å²) in [7, 11) is 0. The molecule has 0 saturated carbocycles. The van der Waals surface area contributed by atoms with Crippen LogP contribution >= 0.6 is 0 Å². The van der Waals surface area contributed by atoms with Gasteiger partial charge in [0.15, 0.2) is 0 Å². The van der Waals surface area contributed by atoms with Gasteiger partial charge in [-0.15, -0.1) is 0 Å². The lowest BCUT2D eigenvalue weighted by Gasteiger charge is -2.24. The van der Waals surface area contributed by atoms with Crippen molar-refractivity contribution in [1.82, 2.24) is 0 Å². The highest BCUT2D eigenvalue weighted by Gasteiger charge is 2.17. The first kappa shape index (κ1) is 16.8. The van der Waals surface area contributed by atoms with Crippen molar-refractivity contribution in [1.29, 1.82) is 0 Å². The van der Waals surface area contributed by atoms with E-state index in [0.717, 1.165) is 24.6 Å². The van der Waals surface area contributed by atoms with E-state index >= 15 is 0 Å². The van der Waals surface area contributed by atoms with Gasteiger partial charge in [-0.3, -0.25) is 0 Å². The van der Waals surface area contributed by atoms with E-state index in [1.54, 1.807) is 0 Å². The van der Waals surface area contributed by atoms with Crippen LogP contribution in [-0.2, 0) is 5.41 Å². The summed E-state index contributed by atoms with van der Waals surface area (Å²) in [6.07, 6.45) is 0. The fourth-order valence-electron chi connectivity index (χ4n) is 1.61. The Kier molecular flexibility index (Phi) is 7.49. The van der Waals surface area contributed by atoms with Gasteiger partial charge in [-0.1, -0.05) is 54.5 Å². The van der Waals surface area contributed by atoms with Gasteiger partial charge in [-0.2, -0.15) is 0 Å². The Bertz CT molecular complexity index is 339. The molecule has 0 aliphatic carbocycles. The van der Waals surface area contributed by atoms with Gasteiger partial charge in [0.1, 0.15) is 12.4 Å². The summed E-state index contributed by atoms with van der Waals surface area (Å²) in [5.41, 5.74) is 2.67. The maximum Gasteiger partial charge on any atom is 0.142 e. The van der Waals surface area contributed by atoms with Crippen molar-refractivity contribution in [2.45, 2.75) is 53.9 Å². The van der Waals surface area contributed by atoms with Crippen LogP contribution in [0.4, 0.5) is 5.69 Å². The number of nitrogens with one attached hydrogen (secondary N) is 1. The Hall–Kier alpha value is -1.18. The fourth-order valence-corrected chi connectivity index (χ4v) is 1.61. The SMILES string of the molecule is CC.CC.CC(C)(C)c1ccc2c(c1)NCCO2. The third-order valence-electron chi connectivity index (χ3n) is 2.52. The first-order valence-corrected chi connectivity index (χ1v) is 7.08. The zero-order valence-corrected chi connectivity index (χ0v) is 13.1. The Morgan fingerprint density at radius 2 is 1.67 bits per heavy atom. The van der Waals surface area contributed by atoms with Gasteiger partial charge in [0.2, 0.25) is 0 Å². The molecule has 1 aromatic rings. The van der Waals surface area contributed by atoms with E-state index in [-0.39, 0.29) is 5.41 Å². The summed E-state index contributed by atoms with van der Waals surface area (Å²) < 4.78 is 5.53. The predicted molar refractivity (Wildman–Crippen MR) is 81.8 cm³/mol. The molecule has 104 valence electrons. The summed E-state index contributed by atoms with van der Waals surface area (Å²) in [6.45, 7) is 16.3.